The van der Waals surface area contributed by atoms with Crippen molar-refractivity contribution in [2.24, 2.45) is 0 Å². The van der Waals surface area contributed by atoms with Crippen molar-refractivity contribution in [2.75, 3.05) is 0 Å². The van der Waals surface area contributed by atoms with Crippen molar-refractivity contribution < 1.29 is 19.8 Å². The van der Waals surface area contributed by atoms with Gasteiger partial charge in [-0.1, -0.05) is 0 Å². The maximum Gasteiger partial charge on any atom is 0.303 e. The van der Waals surface area contributed by atoms with Crippen LogP contribution in [0, 0.1) is 0 Å². The van der Waals surface area contributed by atoms with Gasteiger partial charge in [0.2, 0.25) is 0 Å². The maximum atomic E-state index is 10.5. The van der Waals surface area contributed by atoms with Crippen LogP contribution >= 0.6 is 12.4 Å². The van der Waals surface area contributed by atoms with Gasteiger partial charge >= 0.3 is 11.9 Å². The van der Waals surface area contributed by atoms with Crippen LogP contribution in [0.15, 0.2) is 24.5 Å². The van der Waals surface area contributed by atoms with Crippen molar-refractivity contribution in [3.8, 4) is 0 Å². The van der Waals surface area contributed by atoms with Crippen molar-refractivity contribution in [1.29, 1.82) is 0 Å². The Morgan fingerprint density at radius 3 is 1.89 bits per heavy atom. The average molecular weight is 274 g/mol. The van der Waals surface area contributed by atoms with Crippen molar-refractivity contribution >= 4 is 24.3 Å². The summed E-state index contributed by atoms with van der Waals surface area (Å²) in [7, 11) is 0. The first-order valence-corrected chi connectivity index (χ1v) is 5.43. The van der Waals surface area contributed by atoms with Gasteiger partial charge < -0.3 is 10.2 Å². The molecule has 2 N–H and O–H groups in total. The zero-order chi connectivity index (χ0) is 12.7. The van der Waals surface area contributed by atoms with Crippen molar-refractivity contribution in [1.82, 2.24) is 4.98 Å². The summed E-state index contributed by atoms with van der Waals surface area (Å²) in [5.74, 6) is -1.76. The quantitative estimate of drug-likeness (QED) is 0.796. The highest BCUT2D eigenvalue weighted by atomic mass is 35.5. The summed E-state index contributed by atoms with van der Waals surface area (Å²) in [5, 5.41) is 17.3. The van der Waals surface area contributed by atoms with E-state index in [0.29, 0.717) is 12.8 Å². The number of halogens is 1. The van der Waals surface area contributed by atoms with E-state index in [9.17, 15) is 9.59 Å². The molecule has 6 heteroatoms. The Kier molecular flexibility index (Phi) is 7.71. The van der Waals surface area contributed by atoms with Gasteiger partial charge in [0.15, 0.2) is 0 Å². The van der Waals surface area contributed by atoms with Crippen molar-refractivity contribution in [3.63, 3.8) is 0 Å². The molecule has 0 amide bonds. The second-order valence-electron chi connectivity index (χ2n) is 3.84. The summed E-state index contributed by atoms with van der Waals surface area (Å²) in [6, 6.07) is 3.60. The third kappa shape index (κ3) is 6.20. The number of nitrogens with zero attached hydrogens (tertiary/aromatic N) is 1. The normalized spacial score (nSPS) is 9.83. The monoisotopic (exact) mass is 273 g/mol. The molecule has 0 aliphatic heterocycles. The number of carboxylic acid groups (broad SMARTS) is 2. The van der Waals surface area contributed by atoms with Crippen LogP contribution in [-0.4, -0.2) is 27.1 Å². The molecular weight excluding hydrogens is 258 g/mol. The zero-order valence-corrected chi connectivity index (χ0v) is 10.6. The number of rotatable bonds is 7. The Labute approximate surface area is 111 Å². The van der Waals surface area contributed by atoms with Gasteiger partial charge in [-0.3, -0.25) is 14.6 Å². The molecule has 0 radical (unpaired) electrons. The third-order valence-corrected chi connectivity index (χ3v) is 2.59. The summed E-state index contributed by atoms with van der Waals surface area (Å²) in [5.41, 5.74) is 0.947. The van der Waals surface area contributed by atoms with Gasteiger partial charge in [-0.25, -0.2) is 0 Å². The number of carboxylic acids is 2. The highest BCUT2D eigenvalue weighted by molar-refractivity contribution is 5.85. The Morgan fingerprint density at radius 1 is 1.06 bits per heavy atom. The fraction of sp³-hybridized carbons (Fsp3) is 0.417. The number of aliphatic carboxylic acids is 2. The lowest BCUT2D eigenvalue weighted by atomic mass is 9.90. The first-order valence-electron chi connectivity index (χ1n) is 5.43. The van der Waals surface area contributed by atoms with Gasteiger partial charge in [-0.05, 0) is 36.5 Å². The lowest BCUT2D eigenvalue weighted by molar-refractivity contribution is -0.137. The first kappa shape index (κ1) is 16.4. The molecule has 1 aromatic heterocycles. The van der Waals surface area contributed by atoms with E-state index in [-0.39, 0.29) is 31.2 Å². The number of hydrogen-bond donors (Lipinski definition) is 2. The van der Waals surface area contributed by atoms with Gasteiger partial charge in [0.05, 0.1) is 0 Å². The Hall–Kier alpha value is -1.62. The molecular formula is C12H16ClNO4. The lowest BCUT2D eigenvalue weighted by Crippen LogP contribution is -2.06. The molecule has 5 nitrogen and oxygen atoms in total. The Morgan fingerprint density at radius 2 is 1.50 bits per heavy atom. The molecule has 1 rings (SSSR count). The van der Waals surface area contributed by atoms with E-state index in [2.05, 4.69) is 4.98 Å². The highest BCUT2D eigenvalue weighted by Gasteiger charge is 2.14. The van der Waals surface area contributed by atoms with Crippen LogP contribution in [0.4, 0.5) is 0 Å². The lowest BCUT2D eigenvalue weighted by Gasteiger charge is -2.15. The Balaban J connectivity index is 0.00000289. The minimum absolute atomic E-state index is 0. The van der Waals surface area contributed by atoms with Crippen LogP contribution in [0.2, 0.25) is 0 Å². The molecule has 0 aliphatic rings. The van der Waals surface area contributed by atoms with Gasteiger partial charge in [0.25, 0.3) is 0 Å². The van der Waals surface area contributed by atoms with Crippen molar-refractivity contribution in [3.05, 3.63) is 30.1 Å². The van der Waals surface area contributed by atoms with Crippen LogP contribution in [0.5, 0.6) is 0 Å². The molecule has 0 saturated carbocycles. The van der Waals surface area contributed by atoms with E-state index < -0.39 is 11.9 Å². The molecule has 0 unspecified atom stereocenters. The molecule has 0 aliphatic carbocycles. The maximum absolute atomic E-state index is 10.5. The van der Waals surface area contributed by atoms with Gasteiger partial charge in [0.1, 0.15) is 0 Å². The molecule has 0 spiro atoms. The standard InChI is InChI=1S/C12H15NO4.ClH/c14-11(15)3-1-9(2-4-12(16)17)10-5-7-13-8-6-10;/h5-9H,1-4H2,(H,14,15)(H,16,17);1H. The van der Waals surface area contributed by atoms with Crippen LogP contribution < -0.4 is 0 Å². The summed E-state index contributed by atoms with van der Waals surface area (Å²) in [6.07, 6.45) is 4.26. The molecule has 18 heavy (non-hydrogen) atoms. The fourth-order valence-electron chi connectivity index (χ4n) is 1.71. The van der Waals surface area contributed by atoms with E-state index in [1.54, 1.807) is 24.5 Å². The predicted molar refractivity (Wildman–Crippen MR) is 68.0 cm³/mol. The minimum atomic E-state index is -0.862. The number of aromatic nitrogens is 1. The number of pyridine rings is 1. The first-order chi connectivity index (χ1) is 8.09. The average Bonchev–Trinajstić information content (AvgIpc) is 2.29. The predicted octanol–water partition coefficient (Wildman–Crippen LogP) is 2.32. The zero-order valence-electron chi connectivity index (χ0n) is 9.78. The number of carbonyl (C=O) groups is 2. The van der Waals surface area contributed by atoms with Crippen LogP contribution in [0.1, 0.15) is 37.2 Å². The molecule has 1 aromatic rings. The van der Waals surface area contributed by atoms with Gasteiger partial charge in [0, 0.05) is 25.2 Å². The van der Waals surface area contributed by atoms with Crippen LogP contribution in [0.3, 0.4) is 0 Å². The largest absolute Gasteiger partial charge is 0.481 e. The topological polar surface area (TPSA) is 87.5 Å². The molecule has 0 saturated heterocycles. The molecule has 0 fully saturated rings. The van der Waals surface area contributed by atoms with E-state index in [1.165, 1.54) is 0 Å². The highest BCUT2D eigenvalue weighted by Crippen LogP contribution is 2.25. The number of hydrogen-bond acceptors (Lipinski definition) is 3. The van der Waals surface area contributed by atoms with Crippen molar-refractivity contribution in [2.45, 2.75) is 31.6 Å². The second-order valence-corrected chi connectivity index (χ2v) is 3.84. The fourth-order valence-corrected chi connectivity index (χ4v) is 1.71. The minimum Gasteiger partial charge on any atom is -0.481 e. The molecule has 0 bridgehead atoms. The summed E-state index contributed by atoms with van der Waals surface area (Å²) in [4.78, 5) is 25.0. The molecule has 100 valence electrons. The van der Waals surface area contributed by atoms with E-state index in [4.69, 9.17) is 10.2 Å². The third-order valence-electron chi connectivity index (χ3n) is 2.59. The van der Waals surface area contributed by atoms with E-state index in [1.807, 2.05) is 0 Å². The summed E-state index contributed by atoms with van der Waals surface area (Å²) < 4.78 is 0. The van der Waals surface area contributed by atoms with E-state index in [0.717, 1.165) is 5.56 Å². The Bertz CT molecular complexity index is 365. The molecule has 0 aromatic carbocycles. The SMILES string of the molecule is Cl.O=C(O)CCC(CCC(=O)O)c1ccncc1. The molecule has 0 atom stereocenters. The summed E-state index contributed by atoms with van der Waals surface area (Å²) in [6.45, 7) is 0. The van der Waals surface area contributed by atoms with Crippen LogP contribution in [-0.2, 0) is 9.59 Å². The van der Waals surface area contributed by atoms with Gasteiger partial charge in [-0.2, -0.15) is 0 Å². The van der Waals surface area contributed by atoms with E-state index >= 15 is 0 Å². The summed E-state index contributed by atoms with van der Waals surface area (Å²) >= 11 is 0. The second kappa shape index (κ2) is 8.47. The van der Waals surface area contributed by atoms with Crippen LogP contribution in [0.25, 0.3) is 0 Å². The smallest absolute Gasteiger partial charge is 0.303 e. The molecule has 1 heterocycles. The van der Waals surface area contributed by atoms with Gasteiger partial charge in [-0.15, -0.1) is 12.4 Å².